The second kappa shape index (κ2) is 7.72. The Kier molecular flexibility index (Phi) is 4.78. The van der Waals surface area contributed by atoms with E-state index < -0.39 is 0 Å². The number of fused-ring (bicyclic) bond motifs is 1. The Morgan fingerprint density at radius 1 is 1.10 bits per heavy atom. The summed E-state index contributed by atoms with van der Waals surface area (Å²) in [6.07, 6.45) is 8.45. The Morgan fingerprint density at radius 3 is 2.72 bits per heavy atom. The van der Waals surface area contributed by atoms with Crippen molar-refractivity contribution in [3.8, 4) is 11.8 Å². The van der Waals surface area contributed by atoms with Gasteiger partial charge in [0.1, 0.15) is 23.7 Å². The molecule has 0 saturated carbocycles. The van der Waals surface area contributed by atoms with E-state index in [1.165, 1.54) is 17.1 Å². The quantitative estimate of drug-likeness (QED) is 0.681. The number of aromatic nitrogens is 3. The molecule has 29 heavy (non-hydrogen) atoms. The van der Waals surface area contributed by atoms with Crippen LogP contribution in [0.25, 0.3) is 10.9 Å². The van der Waals surface area contributed by atoms with Gasteiger partial charge in [0.15, 0.2) is 5.69 Å². The largest absolute Gasteiger partial charge is 0.490 e. The van der Waals surface area contributed by atoms with E-state index in [0.717, 1.165) is 57.1 Å². The van der Waals surface area contributed by atoms with Gasteiger partial charge in [-0.15, -0.1) is 0 Å². The van der Waals surface area contributed by atoms with E-state index >= 15 is 0 Å². The first kappa shape index (κ1) is 18.0. The van der Waals surface area contributed by atoms with Crippen molar-refractivity contribution in [3.63, 3.8) is 0 Å². The molecule has 3 aromatic rings. The normalized spacial score (nSPS) is 20.1. The molecule has 0 bridgehead atoms. The van der Waals surface area contributed by atoms with Crippen LogP contribution in [0.5, 0.6) is 5.75 Å². The molecule has 2 saturated heterocycles. The van der Waals surface area contributed by atoms with Crippen LogP contribution in [-0.4, -0.2) is 46.9 Å². The van der Waals surface area contributed by atoms with E-state index in [0.29, 0.717) is 11.7 Å². The minimum absolute atomic E-state index is 0.182. The molecule has 0 aliphatic carbocycles. The Morgan fingerprint density at radius 2 is 2.00 bits per heavy atom. The SMILES string of the molecule is N#Cc1cnc(N2CCC(Oc3cccc4c3ccn4C3CCOC3)CC2)cn1. The third-order valence-electron chi connectivity index (χ3n) is 5.83. The van der Waals surface area contributed by atoms with Gasteiger partial charge in [0.05, 0.1) is 30.6 Å². The van der Waals surface area contributed by atoms with Crippen LogP contribution in [0.1, 0.15) is 31.0 Å². The third kappa shape index (κ3) is 3.52. The Balaban J connectivity index is 1.26. The van der Waals surface area contributed by atoms with E-state index in [-0.39, 0.29) is 6.10 Å². The summed E-state index contributed by atoms with van der Waals surface area (Å²) in [5, 5.41) is 10.0. The maximum absolute atomic E-state index is 8.86. The number of piperidine rings is 1. The van der Waals surface area contributed by atoms with E-state index in [1.807, 2.05) is 6.07 Å². The summed E-state index contributed by atoms with van der Waals surface area (Å²) in [5.41, 5.74) is 1.56. The van der Waals surface area contributed by atoms with Gasteiger partial charge in [0.2, 0.25) is 0 Å². The maximum atomic E-state index is 8.86. The molecule has 0 N–H and O–H groups in total. The summed E-state index contributed by atoms with van der Waals surface area (Å²) in [6.45, 7) is 3.34. The molecule has 0 spiro atoms. The van der Waals surface area contributed by atoms with Gasteiger partial charge in [-0.2, -0.15) is 5.26 Å². The monoisotopic (exact) mass is 389 g/mol. The lowest BCUT2D eigenvalue weighted by Crippen LogP contribution is -2.38. The van der Waals surface area contributed by atoms with Crippen molar-refractivity contribution < 1.29 is 9.47 Å². The van der Waals surface area contributed by atoms with Gasteiger partial charge in [-0.3, -0.25) is 0 Å². The molecule has 4 heterocycles. The summed E-state index contributed by atoms with van der Waals surface area (Å²) in [6, 6.07) is 10.9. The fraction of sp³-hybridized carbons (Fsp3) is 0.409. The van der Waals surface area contributed by atoms with Crippen molar-refractivity contribution >= 4 is 16.7 Å². The molecule has 2 fully saturated rings. The van der Waals surface area contributed by atoms with E-state index in [2.05, 4.69) is 49.9 Å². The summed E-state index contributed by atoms with van der Waals surface area (Å²) < 4.78 is 14.3. The molecule has 2 aliphatic rings. The van der Waals surface area contributed by atoms with Crippen LogP contribution in [0.4, 0.5) is 5.82 Å². The minimum atomic E-state index is 0.182. The van der Waals surface area contributed by atoms with Gasteiger partial charge in [-0.25, -0.2) is 9.97 Å². The van der Waals surface area contributed by atoms with Crippen molar-refractivity contribution in [2.75, 3.05) is 31.2 Å². The topological polar surface area (TPSA) is 76.2 Å². The number of nitrogens with zero attached hydrogens (tertiary/aromatic N) is 5. The number of hydrogen-bond donors (Lipinski definition) is 0. The van der Waals surface area contributed by atoms with E-state index in [9.17, 15) is 0 Å². The van der Waals surface area contributed by atoms with E-state index in [4.69, 9.17) is 14.7 Å². The van der Waals surface area contributed by atoms with Crippen LogP contribution in [0.2, 0.25) is 0 Å². The molecule has 7 nitrogen and oxygen atoms in total. The number of anilines is 1. The van der Waals surface area contributed by atoms with Gasteiger partial charge in [0.25, 0.3) is 0 Å². The zero-order chi connectivity index (χ0) is 19.6. The van der Waals surface area contributed by atoms with Crippen LogP contribution < -0.4 is 9.64 Å². The van der Waals surface area contributed by atoms with Crippen molar-refractivity contribution in [1.29, 1.82) is 5.26 Å². The van der Waals surface area contributed by atoms with Gasteiger partial charge >= 0.3 is 0 Å². The van der Waals surface area contributed by atoms with Crippen LogP contribution in [0, 0.1) is 11.3 Å². The fourth-order valence-electron chi connectivity index (χ4n) is 4.25. The average molecular weight is 389 g/mol. The summed E-state index contributed by atoms with van der Waals surface area (Å²) in [5.74, 6) is 1.78. The third-order valence-corrected chi connectivity index (χ3v) is 5.83. The second-order valence-corrected chi connectivity index (χ2v) is 7.61. The van der Waals surface area contributed by atoms with Crippen LogP contribution >= 0.6 is 0 Å². The van der Waals surface area contributed by atoms with Crippen molar-refractivity contribution in [2.45, 2.75) is 31.4 Å². The number of nitriles is 1. The van der Waals surface area contributed by atoms with Crippen molar-refractivity contribution in [1.82, 2.24) is 14.5 Å². The van der Waals surface area contributed by atoms with Crippen LogP contribution in [0.15, 0.2) is 42.9 Å². The molecular formula is C22H23N5O2. The zero-order valence-corrected chi connectivity index (χ0v) is 16.2. The molecule has 2 aromatic heterocycles. The summed E-state index contributed by atoms with van der Waals surface area (Å²) >= 11 is 0. The van der Waals surface area contributed by atoms with Gasteiger partial charge in [-0.05, 0) is 24.6 Å². The average Bonchev–Trinajstić information content (AvgIpc) is 3.44. The Labute approximate surface area is 169 Å². The Hall–Kier alpha value is -3.11. The first-order chi connectivity index (χ1) is 14.3. The molecular weight excluding hydrogens is 366 g/mol. The summed E-state index contributed by atoms with van der Waals surface area (Å²) in [4.78, 5) is 10.7. The van der Waals surface area contributed by atoms with Crippen molar-refractivity contribution in [2.24, 2.45) is 0 Å². The lowest BCUT2D eigenvalue weighted by Gasteiger charge is -2.32. The van der Waals surface area contributed by atoms with Crippen LogP contribution in [-0.2, 0) is 4.74 Å². The molecule has 0 amide bonds. The molecule has 5 rings (SSSR count). The van der Waals surface area contributed by atoms with Gasteiger partial charge < -0.3 is 18.9 Å². The molecule has 2 aliphatic heterocycles. The maximum Gasteiger partial charge on any atom is 0.158 e. The standard InChI is InChI=1S/C22H23N5O2/c23-12-16-13-25-22(14-24-16)26-8-4-18(5-9-26)29-21-3-1-2-20-19(21)6-10-27(20)17-7-11-28-15-17/h1-3,6,10,13-14,17-18H,4-5,7-9,11,15H2. The minimum Gasteiger partial charge on any atom is -0.490 e. The molecule has 1 aromatic carbocycles. The molecule has 1 atom stereocenters. The first-order valence-corrected chi connectivity index (χ1v) is 10.1. The molecule has 148 valence electrons. The van der Waals surface area contributed by atoms with Crippen LogP contribution in [0.3, 0.4) is 0 Å². The zero-order valence-electron chi connectivity index (χ0n) is 16.2. The number of ether oxygens (including phenoxy) is 2. The van der Waals surface area contributed by atoms with Gasteiger partial charge in [-0.1, -0.05) is 6.07 Å². The highest BCUT2D eigenvalue weighted by molar-refractivity contribution is 5.86. The highest BCUT2D eigenvalue weighted by atomic mass is 16.5. The highest BCUT2D eigenvalue weighted by Crippen LogP contribution is 2.32. The molecule has 0 radical (unpaired) electrons. The number of hydrogen-bond acceptors (Lipinski definition) is 6. The van der Waals surface area contributed by atoms with E-state index in [1.54, 1.807) is 6.20 Å². The predicted octanol–water partition coefficient (Wildman–Crippen LogP) is 3.31. The summed E-state index contributed by atoms with van der Waals surface area (Å²) in [7, 11) is 0. The molecule has 1 unspecified atom stereocenters. The van der Waals surface area contributed by atoms with Crippen molar-refractivity contribution in [3.05, 3.63) is 48.5 Å². The lowest BCUT2D eigenvalue weighted by atomic mass is 10.1. The number of rotatable bonds is 4. The second-order valence-electron chi connectivity index (χ2n) is 7.61. The Bertz CT molecular complexity index is 1030. The number of benzene rings is 1. The lowest BCUT2D eigenvalue weighted by molar-refractivity contribution is 0.173. The van der Waals surface area contributed by atoms with Gasteiger partial charge in [0, 0.05) is 44.1 Å². The first-order valence-electron chi connectivity index (χ1n) is 10.1. The fourth-order valence-corrected chi connectivity index (χ4v) is 4.25. The molecule has 7 heteroatoms. The highest BCUT2D eigenvalue weighted by Gasteiger charge is 2.24. The predicted molar refractivity (Wildman–Crippen MR) is 109 cm³/mol. The smallest absolute Gasteiger partial charge is 0.158 e.